The predicted octanol–water partition coefficient (Wildman–Crippen LogP) is 1.67. The van der Waals surface area contributed by atoms with E-state index in [1.54, 1.807) is 4.90 Å². The predicted molar refractivity (Wildman–Crippen MR) is 53.6 cm³/mol. The van der Waals surface area contributed by atoms with Crippen LogP contribution in [0.25, 0.3) is 0 Å². The number of amides is 1. The van der Waals surface area contributed by atoms with Gasteiger partial charge >= 0.3 is 0 Å². The Morgan fingerprint density at radius 1 is 1.38 bits per heavy atom. The molecular weight excluding hydrogens is 166 g/mol. The normalized spacial score (nSPS) is 13.1. The Kier molecular flexibility index (Phi) is 5.71. The van der Waals surface area contributed by atoms with Crippen molar-refractivity contribution in [2.24, 2.45) is 0 Å². The quantitative estimate of drug-likeness (QED) is 0.655. The first-order chi connectivity index (χ1) is 5.99. The molecule has 0 radical (unpaired) electrons. The van der Waals surface area contributed by atoms with Crippen LogP contribution in [0, 0.1) is 0 Å². The summed E-state index contributed by atoms with van der Waals surface area (Å²) in [4.78, 5) is 13.2. The molecule has 1 amide bonds. The minimum Gasteiger partial charge on any atom is -0.369 e. The lowest BCUT2D eigenvalue weighted by atomic mass is 10.2. The lowest BCUT2D eigenvalue weighted by Crippen LogP contribution is -2.37. The fourth-order valence-electron chi connectivity index (χ4n) is 0.859. The number of hydrogen-bond acceptors (Lipinski definition) is 2. The van der Waals surface area contributed by atoms with Gasteiger partial charge in [0, 0.05) is 13.1 Å². The van der Waals surface area contributed by atoms with Crippen LogP contribution in [0.3, 0.4) is 0 Å². The second kappa shape index (κ2) is 5.97. The molecule has 0 saturated carbocycles. The van der Waals surface area contributed by atoms with Crippen molar-refractivity contribution in [1.82, 2.24) is 4.90 Å². The summed E-state index contributed by atoms with van der Waals surface area (Å²) >= 11 is 0. The Labute approximate surface area is 81.1 Å². The highest BCUT2D eigenvalue weighted by Gasteiger charge is 2.14. The van der Waals surface area contributed by atoms with Crippen LogP contribution >= 0.6 is 0 Å². The van der Waals surface area contributed by atoms with Gasteiger partial charge in [0.1, 0.15) is 6.61 Å². The van der Waals surface area contributed by atoms with Crippen molar-refractivity contribution < 1.29 is 9.53 Å². The highest BCUT2D eigenvalue weighted by atomic mass is 16.5. The summed E-state index contributed by atoms with van der Waals surface area (Å²) in [5.41, 5.74) is 0. The Morgan fingerprint density at radius 3 is 2.31 bits per heavy atom. The van der Waals surface area contributed by atoms with Gasteiger partial charge in [-0.2, -0.15) is 0 Å². The lowest BCUT2D eigenvalue weighted by Gasteiger charge is -2.24. The zero-order chi connectivity index (χ0) is 10.4. The van der Waals surface area contributed by atoms with E-state index < -0.39 is 0 Å². The number of nitrogens with zero attached hydrogens (tertiary/aromatic N) is 1. The Morgan fingerprint density at radius 2 is 1.92 bits per heavy atom. The van der Waals surface area contributed by atoms with Crippen molar-refractivity contribution in [2.75, 3.05) is 13.7 Å². The number of carbonyl (C=O) groups excluding carboxylic acids is 1. The first-order valence-electron chi connectivity index (χ1n) is 4.86. The first kappa shape index (κ1) is 12.4. The van der Waals surface area contributed by atoms with Crippen LogP contribution in [0.1, 0.15) is 34.1 Å². The van der Waals surface area contributed by atoms with Crippen molar-refractivity contribution in [3.63, 3.8) is 0 Å². The highest BCUT2D eigenvalue weighted by Crippen LogP contribution is 2.01. The molecule has 0 saturated heterocycles. The smallest absolute Gasteiger partial charge is 0.248 e. The molecule has 1 atom stereocenters. The second-order valence-corrected chi connectivity index (χ2v) is 3.62. The summed E-state index contributed by atoms with van der Waals surface area (Å²) in [6.07, 6.45) is 1.10. The van der Waals surface area contributed by atoms with Crippen LogP contribution in [0.5, 0.6) is 0 Å². The van der Waals surface area contributed by atoms with Crippen molar-refractivity contribution in [2.45, 2.75) is 46.3 Å². The van der Waals surface area contributed by atoms with Gasteiger partial charge in [0.05, 0.1) is 6.10 Å². The molecule has 0 aliphatic heterocycles. The lowest BCUT2D eigenvalue weighted by molar-refractivity contribution is -0.138. The molecule has 0 aromatic heterocycles. The molecule has 0 aromatic rings. The van der Waals surface area contributed by atoms with E-state index in [2.05, 4.69) is 6.92 Å². The third kappa shape index (κ3) is 4.88. The molecule has 1 unspecified atom stereocenters. The van der Waals surface area contributed by atoms with E-state index in [1.807, 2.05) is 27.8 Å². The average Bonchev–Trinajstić information content (AvgIpc) is 2.11. The molecule has 3 heteroatoms. The minimum absolute atomic E-state index is 0.0584. The molecule has 0 heterocycles. The van der Waals surface area contributed by atoms with Crippen LogP contribution in [0.15, 0.2) is 0 Å². The fourth-order valence-corrected chi connectivity index (χ4v) is 0.859. The van der Waals surface area contributed by atoms with Crippen LogP contribution in [0.2, 0.25) is 0 Å². The molecule has 0 aromatic carbocycles. The molecule has 3 nitrogen and oxygen atoms in total. The summed E-state index contributed by atoms with van der Waals surface area (Å²) in [6.45, 7) is 8.15. The second-order valence-electron chi connectivity index (χ2n) is 3.62. The topological polar surface area (TPSA) is 29.5 Å². The van der Waals surface area contributed by atoms with Gasteiger partial charge in [-0.25, -0.2) is 0 Å². The molecule has 0 spiro atoms. The molecule has 13 heavy (non-hydrogen) atoms. The van der Waals surface area contributed by atoms with E-state index in [4.69, 9.17) is 4.74 Å². The van der Waals surface area contributed by atoms with E-state index in [0.717, 1.165) is 6.42 Å². The summed E-state index contributed by atoms with van der Waals surface area (Å²) in [7, 11) is 1.82. The van der Waals surface area contributed by atoms with Gasteiger partial charge < -0.3 is 9.64 Å². The minimum atomic E-state index is 0.0584. The molecule has 0 aliphatic rings. The van der Waals surface area contributed by atoms with Gasteiger partial charge in [-0.3, -0.25) is 4.79 Å². The Balaban J connectivity index is 3.82. The number of carbonyl (C=O) groups is 1. The van der Waals surface area contributed by atoms with Gasteiger partial charge in [0.15, 0.2) is 0 Å². The number of ether oxygens (including phenoxy) is 1. The van der Waals surface area contributed by atoms with Crippen LogP contribution in [-0.2, 0) is 9.53 Å². The van der Waals surface area contributed by atoms with Gasteiger partial charge in [0.25, 0.3) is 0 Å². The maximum absolute atomic E-state index is 11.4. The van der Waals surface area contributed by atoms with Crippen LogP contribution in [-0.4, -0.2) is 36.6 Å². The first-order valence-corrected chi connectivity index (χ1v) is 4.86. The maximum Gasteiger partial charge on any atom is 0.248 e. The summed E-state index contributed by atoms with van der Waals surface area (Å²) in [5, 5.41) is 0. The number of likely N-dealkylation sites (N-methyl/N-ethyl adjacent to an activating group) is 1. The standard InChI is InChI=1S/C10H21NO2/c1-6-9(4)11(5)10(12)7-13-8(2)3/h8-9H,6-7H2,1-5H3. The molecule has 0 fully saturated rings. The third-order valence-corrected chi connectivity index (χ3v) is 2.19. The molecule has 0 rings (SSSR count). The number of rotatable bonds is 5. The Hall–Kier alpha value is -0.570. The highest BCUT2D eigenvalue weighted by molar-refractivity contribution is 5.77. The van der Waals surface area contributed by atoms with Gasteiger partial charge in [-0.05, 0) is 27.2 Å². The van der Waals surface area contributed by atoms with Gasteiger partial charge in [-0.1, -0.05) is 6.92 Å². The molecule has 78 valence electrons. The van der Waals surface area contributed by atoms with E-state index in [1.165, 1.54) is 0 Å². The molecule has 0 N–H and O–H groups in total. The van der Waals surface area contributed by atoms with Gasteiger partial charge in [-0.15, -0.1) is 0 Å². The summed E-state index contributed by atoms with van der Waals surface area (Å²) in [5.74, 6) is 0.0584. The van der Waals surface area contributed by atoms with E-state index >= 15 is 0 Å². The maximum atomic E-state index is 11.4. The summed E-state index contributed by atoms with van der Waals surface area (Å²) in [6, 6.07) is 0.295. The zero-order valence-corrected chi connectivity index (χ0v) is 9.33. The van der Waals surface area contributed by atoms with Crippen LogP contribution < -0.4 is 0 Å². The molecular formula is C10H21NO2. The average molecular weight is 187 g/mol. The van der Waals surface area contributed by atoms with E-state index in [-0.39, 0.29) is 18.6 Å². The van der Waals surface area contributed by atoms with Crippen molar-refractivity contribution in [1.29, 1.82) is 0 Å². The van der Waals surface area contributed by atoms with E-state index in [0.29, 0.717) is 6.04 Å². The van der Waals surface area contributed by atoms with Crippen molar-refractivity contribution in [3.8, 4) is 0 Å². The van der Waals surface area contributed by atoms with Gasteiger partial charge in [0.2, 0.25) is 5.91 Å². The SMILES string of the molecule is CCC(C)N(C)C(=O)COC(C)C. The summed E-state index contributed by atoms with van der Waals surface area (Å²) < 4.78 is 5.23. The Bertz CT molecular complexity index is 157. The fraction of sp³-hybridized carbons (Fsp3) is 0.900. The zero-order valence-electron chi connectivity index (χ0n) is 9.33. The third-order valence-electron chi connectivity index (χ3n) is 2.19. The monoisotopic (exact) mass is 187 g/mol. The van der Waals surface area contributed by atoms with Crippen molar-refractivity contribution in [3.05, 3.63) is 0 Å². The van der Waals surface area contributed by atoms with Crippen LogP contribution in [0.4, 0.5) is 0 Å². The molecule has 0 aliphatic carbocycles. The molecule has 0 bridgehead atoms. The van der Waals surface area contributed by atoms with E-state index in [9.17, 15) is 4.79 Å². The largest absolute Gasteiger partial charge is 0.369 e. The number of hydrogen-bond donors (Lipinski definition) is 0. The van der Waals surface area contributed by atoms with Crippen molar-refractivity contribution >= 4 is 5.91 Å².